The minimum absolute atomic E-state index is 0.154. The standard InChI is InChI=1S/C12H23N2PSi/c1-13-9-10-14(2)15(13)11-7-6-8-12(11)16(3,4)5/h6,8H,7,9-10H2,1-5H3. The Bertz CT molecular complexity index is 333. The molecule has 0 saturated carbocycles. The van der Waals surface area contributed by atoms with Gasteiger partial charge in [-0.25, -0.2) is 0 Å². The average molecular weight is 254 g/mol. The van der Waals surface area contributed by atoms with Crippen LogP contribution in [0.15, 0.2) is 22.7 Å². The summed E-state index contributed by atoms with van der Waals surface area (Å²) in [7, 11) is 3.25. The third-order valence-electron chi connectivity index (χ3n) is 3.35. The zero-order valence-corrected chi connectivity index (χ0v) is 13.0. The zero-order valence-electron chi connectivity index (χ0n) is 11.1. The Morgan fingerprint density at radius 3 is 2.19 bits per heavy atom. The maximum atomic E-state index is 2.55. The molecule has 2 aliphatic rings. The van der Waals surface area contributed by atoms with Crippen molar-refractivity contribution in [2.75, 3.05) is 27.2 Å². The molecule has 0 atom stereocenters. The lowest BCUT2D eigenvalue weighted by Crippen LogP contribution is -2.24. The monoisotopic (exact) mass is 254 g/mol. The number of rotatable bonds is 2. The number of likely N-dealkylation sites (N-methyl/N-ethyl adjacent to an activating group) is 2. The average Bonchev–Trinajstić information content (AvgIpc) is 2.72. The van der Waals surface area contributed by atoms with Crippen LogP contribution < -0.4 is 0 Å². The highest BCUT2D eigenvalue weighted by Crippen LogP contribution is 2.57. The number of hydrogen-bond donors (Lipinski definition) is 0. The quantitative estimate of drug-likeness (QED) is 0.551. The first-order valence-corrected chi connectivity index (χ1v) is 10.8. The molecule has 2 nitrogen and oxygen atoms in total. The van der Waals surface area contributed by atoms with E-state index >= 15 is 0 Å². The third-order valence-corrected chi connectivity index (χ3v) is 8.24. The van der Waals surface area contributed by atoms with E-state index in [1.165, 1.54) is 19.5 Å². The Morgan fingerprint density at radius 2 is 1.69 bits per heavy atom. The van der Waals surface area contributed by atoms with Gasteiger partial charge in [-0.05, 0) is 25.8 Å². The summed E-state index contributed by atoms with van der Waals surface area (Å²) in [6, 6.07) is 0. The summed E-state index contributed by atoms with van der Waals surface area (Å²) >= 11 is 0. The summed E-state index contributed by atoms with van der Waals surface area (Å²) in [5.74, 6) is 0. The molecule has 0 spiro atoms. The molecule has 1 aliphatic heterocycles. The van der Waals surface area contributed by atoms with Gasteiger partial charge in [-0.15, -0.1) is 0 Å². The minimum Gasteiger partial charge on any atom is -0.268 e. The first kappa shape index (κ1) is 12.5. The lowest BCUT2D eigenvalue weighted by Gasteiger charge is -2.30. The van der Waals surface area contributed by atoms with Crippen molar-refractivity contribution in [1.29, 1.82) is 0 Å². The van der Waals surface area contributed by atoms with Gasteiger partial charge in [0.1, 0.15) is 0 Å². The van der Waals surface area contributed by atoms with Gasteiger partial charge in [-0.3, -0.25) is 9.34 Å². The van der Waals surface area contributed by atoms with E-state index in [1.54, 1.807) is 10.5 Å². The van der Waals surface area contributed by atoms with Crippen LogP contribution in [-0.4, -0.2) is 44.6 Å². The molecule has 1 saturated heterocycles. The normalized spacial score (nSPS) is 25.1. The highest BCUT2D eigenvalue weighted by molar-refractivity contribution is 7.57. The largest absolute Gasteiger partial charge is 0.268 e. The Hall–Kier alpha value is 0.0469. The smallest absolute Gasteiger partial charge is 0.0781 e. The van der Waals surface area contributed by atoms with E-state index in [0.29, 0.717) is 0 Å². The van der Waals surface area contributed by atoms with E-state index in [2.05, 4.69) is 55.2 Å². The summed E-state index contributed by atoms with van der Waals surface area (Å²) < 4.78 is 5.11. The molecule has 0 aromatic heterocycles. The molecular weight excluding hydrogens is 231 g/mol. The van der Waals surface area contributed by atoms with Gasteiger partial charge in [0.25, 0.3) is 0 Å². The van der Waals surface area contributed by atoms with Crippen LogP contribution in [0.3, 0.4) is 0 Å². The molecule has 0 aromatic rings. The molecule has 16 heavy (non-hydrogen) atoms. The van der Waals surface area contributed by atoms with Gasteiger partial charge in [0.2, 0.25) is 0 Å². The van der Waals surface area contributed by atoms with Gasteiger partial charge in [-0.2, -0.15) is 0 Å². The lowest BCUT2D eigenvalue weighted by molar-refractivity contribution is 0.553. The topological polar surface area (TPSA) is 6.48 Å². The highest BCUT2D eigenvalue weighted by atomic mass is 31.1. The SMILES string of the molecule is CN1CCN(C)P1C1=C([Si](C)(C)C)C=CC1. The van der Waals surface area contributed by atoms with Crippen molar-refractivity contribution in [1.82, 2.24) is 9.34 Å². The van der Waals surface area contributed by atoms with Gasteiger partial charge in [-0.1, -0.05) is 37.0 Å². The van der Waals surface area contributed by atoms with Gasteiger partial charge in [0.05, 0.1) is 16.3 Å². The molecule has 90 valence electrons. The van der Waals surface area contributed by atoms with Crippen LogP contribution in [0, 0.1) is 0 Å². The first-order valence-electron chi connectivity index (χ1n) is 6.03. The second kappa shape index (κ2) is 4.38. The zero-order chi connectivity index (χ0) is 11.9. The summed E-state index contributed by atoms with van der Waals surface area (Å²) in [6.07, 6.45) is 5.97. The molecule has 0 aromatic carbocycles. The van der Waals surface area contributed by atoms with Crippen LogP contribution in [0.1, 0.15) is 6.42 Å². The second-order valence-corrected chi connectivity index (χ2v) is 13.3. The fourth-order valence-electron chi connectivity index (χ4n) is 2.52. The molecule has 0 N–H and O–H groups in total. The Morgan fingerprint density at radius 1 is 1.12 bits per heavy atom. The minimum atomic E-state index is -1.16. The van der Waals surface area contributed by atoms with Crippen LogP contribution in [-0.2, 0) is 0 Å². The Labute approximate surface area is 102 Å². The lowest BCUT2D eigenvalue weighted by atomic mass is 10.5. The van der Waals surface area contributed by atoms with Crippen molar-refractivity contribution < 1.29 is 0 Å². The predicted octanol–water partition coefficient (Wildman–Crippen LogP) is 3.27. The number of nitrogens with zero attached hydrogens (tertiary/aromatic N) is 2. The molecule has 0 unspecified atom stereocenters. The molecule has 1 heterocycles. The van der Waals surface area contributed by atoms with Gasteiger partial charge in [0, 0.05) is 13.1 Å². The summed E-state index contributed by atoms with van der Waals surface area (Å²) in [5.41, 5.74) is 0. The maximum Gasteiger partial charge on any atom is 0.0781 e. The van der Waals surface area contributed by atoms with Crippen molar-refractivity contribution in [2.45, 2.75) is 26.1 Å². The summed E-state index contributed by atoms with van der Waals surface area (Å²) in [6.45, 7) is 9.84. The molecule has 0 bridgehead atoms. The first-order chi connectivity index (χ1) is 7.41. The van der Waals surface area contributed by atoms with Crippen molar-refractivity contribution >= 4 is 16.3 Å². The maximum absolute atomic E-state index is 2.55. The molecule has 1 aliphatic carbocycles. The van der Waals surface area contributed by atoms with Crippen molar-refractivity contribution in [3.63, 3.8) is 0 Å². The van der Waals surface area contributed by atoms with Gasteiger partial charge >= 0.3 is 0 Å². The molecular formula is C12H23N2PSi. The van der Waals surface area contributed by atoms with Crippen LogP contribution in [0.4, 0.5) is 0 Å². The fourth-order valence-corrected chi connectivity index (χ4v) is 7.87. The highest BCUT2D eigenvalue weighted by Gasteiger charge is 2.34. The fraction of sp³-hybridized carbons (Fsp3) is 0.667. The third kappa shape index (κ3) is 2.19. The van der Waals surface area contributed by atoms with E-state index in [9.17, 15) is 0 Å². The van der Waals surface area contributed by atoms with Crippen LogP contribution >= 0.6 is 8.22 Å². The molecule has 0 amide bonds. The molecule has 0 radical (unpaired) electrons. The van der Waals surface area contributed by atoms with E-state index in [-0.39, 0.29) is 8.22 Å². The Kier molecular flexibility index (Phi) is 3.42. The van der Waals surface area contributed by atoms with E-state index in [1.807, 2.05) is 0 Å². The van der Waals surface area contributed by atoms with Crippen molar-refractivity contribution in [3.8, 4) is 0 Å². The van der Waals surface area contributed by atoms with Crippen LogP contribution in [0.2, 0.25) is 19.6 Å². The van der Waals surface area contributed by atoms with Crippen molar-refractivity contribution in [2.24, 2.45) is 0 Å². The number of allylic oxidation sites excluding steroid dienone is 4. The predicted molar refractivity (Wildman–Crippen MR) is 76.3 cm³/mol. The molecule has 1 fully saturated rings. The van der Waals surface area contributed by atoms with Gasteiger partial charge in [0.15, 0.2) is 0 Å². The summed E-state index contributed by atoms with van der Waals surface area (Å²) in [4.78, 5) is 0. The van der Waals surface area contributed by atoms with Crippen LogP contribution in [0.5, 0.6) is 0 Å². The molecule has 2 rings (SSSR count). The second-order valence-electron chi connectivity index (χ2n) is 5.77. The van der Waals surface area contributed by atoms with Crippen molar-refractivity contribution in [3.05, 3.63) is 22.7 Å². The van der Waals surface area contributed by atoms with Gasteiger partial charge < -0.3 is 0 Å². The Balaban J connectivity index is 2.33. The van der Waals surface area contributed by atoms with Crippen LogP contribution in [0.25, 0.3) is 0 Å². The summed E-state index contributed by atoms with van der Waals surface area (Å²) in [5, 5.41) is 3.44. The van der Waals surface area contributed by atoms with E-state index < -0.39 is 8.07 Å². The van der Waals surface area contributed by atoms with E-state index in [0.717, 1.165) is 0 Å². The number of hydrogen-bond acceptors (Lipinski definition) is 2. The van der Waals surface area contributed by atoms with E-state index in [4.69, 9.17) is 0 Å². The molecule has 4 heteroatoms.